The molecule has 1 unspecified atom stereocenters. The lowest BCUT2D eigenvalue weighted by atomic mass is 9.90. The number of phenolic OH excluding ortho intramolecular Hbond substituents is 1. The average molecular weight is 1130 g/mol. The number of aliphatic hydroxyl groups excluding tert-OH is 1. The number of hydrogen-bond donors (Lipinski definition) is 12. The highest BCUT2D eigenvalue weighted by atomic mass is 32.1. The SMILES string of the molecule is CC(C)C[C@H](NC(=O)CNC(=O)[C@H](CCC(N)=O)NC(=O)[C@H](Cc1ccc(OP(=O)(O)O)cc1)NC(=O)C1CN(C(=O)c2cc(N=C=S)ccc2-c2c3ccc(=O)cc-3oc3cc(O)ccc23)CCN1)C(=O)N[C@@H](CO)C(N)=O. The standard InChI is InChI=1S/C51H57N10O16PS/c1-26(2)17-37(48(69)60-40(24-62)46(53)67)57-44(66)22-55-47(68)36(13-14-43(52)65)58-49(70)38(18-27-3-8-31(9-4-27)77-78(73,74)75)59-50(71)39-23-61(16-15-54-39)51(72)35-19-28(56-25-79)5-10-32(35)45-33-11-6-29(63)20-41(33)76-42-21-30(64)7-12-34(42)45/h3-12,19-21,26,36-40,54,62-63H,13-18,22-24H2,1-2H3,(H2,52,65)(H2,53,67)(H,55,68)(H,57,66)(H,58,70)(H,59,71)(H,60,69)(H2,73,74,75)/t36-,37-,38-,39?,40-/m0/s1. The summed E-state index contributed by atoms with van der Waals surface area (Å²) in [6.45, 7) is 1.79. The molecule has 3 aliphatic rings. The first-order valence-corrected chi connectivity index (χ1v) is 26.3. The van der Waals surface area contributed by atoms with E-state index in [0.29, 0.717) is 27.6 Å². The van der Waals surface area contributed by atoms with Crippen LogP contribution in [0.3, 0.4) is 0 Å². The lowest BCUT2D eigenvalue weighted by molar-refractivity contribution is -0.134. The molecule has 0 saturated carbocycles. The number of amides is 8. The highest BCUT2D eigenvalue weighted by Crippen LogP contribution is 2.43. The van der Waals surface area contributed by atoms with Crippen LogP contribution >= 0.6 is 20.0 Å². The second-order valence-corrected chi connectivity index (χ2v) is 20.0. The minimum atomic E-state index is -4.97. The van der Waals surface area contributed by atoms with E-state index in [9.17, 15) is 67.7 Å². The molecule has 3 aromatic rings. The van der Waals surface area contributed by atoms with Crippen molar-refractivity contribution in [3.8, 4) is 33.9 Å². The highest BCUT2D eigenvalue weighted by Gasteiger charge is 2.35. The van der Waals surface area contributed by atoms with Crippen LogP contribution in [0.4, 0.5) is 5.69 Å². The molecule has 2 aliphatic heterocycles. The fourth-order valence-electron chi connectivity index (χ4n) is 8.57. The Morgan fingerprint density at radius 3 is 2.23 bits per heavy atom. The van der Waals surface area contributed by atoms with Gasteiger partial charge in [0.15, 0.2) is 5.43 Å². The molecular formula is C51H57N10O16PS. The van der Waals surface area contributed by atoms with Gasteiger partial charge in [0.25, 0.3) is 5.91 Å². The molecule has 28 heteroatoms. The van der Waals surface area contributed by atoms with Crippen molar-refractivity contribution >= 4 is 89.1 Å². The van der Waals surface area contributed by atoms with Crippen LogP contribution in [0.15, 0.2) is 93.1 Å². The van der Waals surface area contributed by atoms with Gasteiger partial charge in [0.05, 0.1) is 24.0 Å². The number of fused-ring (bicyclic) bond motifs is 2. The number of piperazine rings is 1. The van der Waals surface area contributed by atoms with Gasteiger partial charge in [-0.25, -0.2) is 4.57 Å². The van der Waals surface area contributed by atoms with Crippen molar-refractivity contribution in [1.82, 2.24) is 36.8 Å². The number of aliphatic hydroxyl groups is 1. The first-order valence-electron chi connectivity index (χ1n) is 24.4. The quantitative estimate of drug-likeness (QED) is 0.0167. The van der Waals surface area contributed by atoms with Crippen LogP contribution in [0, 0.1) is 5.92 Å². The van der Waals surface area contributed by atoms with Gasteiger partial charge < -0.3 is 67.4 Å². The van der Waals surface area contributed by atoms with Crippen LogP contribution in [-0.4, -0.2) is 140 Å². The van der Waals surface area contributed by atoms with Gasteiger partial charge in [-0.3, -0.25) is 52.9 Å². The average Bonchev–Trinajstić information content (AvgIpc) is 3.45. The molecule has 3 aromatic carbocycles. The predicted octanol–water partition coefficient (Wildman–Crippen LogP) is -0.0225. The zero-order chi connectivity index (χ0) is 57.7. The number of phenols is 1. The lowest BCUT2D eigenvalue weighted by Gasteiger charge is -2.34. The Labute approximate surface area is 455 Å². The summed E-state index contributed by atoms with van der Waals surface area (Å²) in [5, 5.41) is 37.8. The molecule has 5 atom stereocenters. The number of thiocarbonyl (C=S) groups is 1. The number of carbonyl (C=O) groups is 8. The van der Waals surface area contributed by atoms with Gasteiger partial charge in [0.2, 0.25) is 41.4 Å². The van der Waals surface area contributed by atoms with E-state index in [0.717, 1.165) is 0 Å². The third-order valence-corrected chi connectivity index (χ3v) is 12.8. The number of nitrogens with one attached hydrogen (secondary N) is 6. The van der Waals surface area contributed by atoms with Crippen LogP contribution in [0.2, 0.25) is 0 Å². The number of phosphoric acid groups is 1. The van der Waals surface area contributed by atoms with Crippen molar-refractivity contribution < 1.29 is 71.9 Å². The molecule has 1 fully saturated rings. The van der Waals surface area contributed by atoms with Gasteiger partial charge in [-0.15, -0.1) is 0 Å². The minimum Gasteiger partial charge on any atom is -0.508 e. The number of benzene rings is 4. The molecule has 0 aromatic heterocycles. The third kappa shape index (κ3) is 16.5. The fourth-order valence-corrected chi connectivity index (χ4v) is 9.07. The number of carbonyl (C=O) groups excluding carboxylic acids is 8. The molecule has 8 amide bonds. The Kier molecular flexibility index (Phi) is 20.3. The Balaban J connectivity index is 1.25. The van der Waals surface area contributed by atoms with Gasteiger partial charge >= 0.3 is 7.82 Å². The first kappa shape index (κ1) is 59.8. The van der Waals surface area contributed by atoms with E-state index in [4.69, 9.17) is 28.1 Å². The molecule has 1 aliphatic carbocycles. The van der Waals surface area contributed by atoms with Crippen molar-refractivity contribution in [2.45, 2.75) is 69.7 Å². The summed E-state index contributed by atoms with van der Waals surface area (Å²) in [6.07, 6.45) is -1.10. The van der Waals surface area contributed by atoms with Crippen molar-refractivity contribution in [2.24, 2.45) is 22.4 Å². The van der Waals surface area contributed by atoms with Crippen LogP contribution in [0.5, 0.6) is 11.5 Å². The lowest BCUT2D eigenvalue weighted by Crippen LogP contribution is -2.61. The highest BCUT2D eigenvalue weighted by molar-refractivity contribution is 7.78. The molecule has 0 radical (unpaired) electrons. The van der Waals surface area contributed by atoms with Gasteiger partial charge in [0, 0.05) is 66.7 Å². The summed E-state index contributed by atoms with van der Waals surface area (Å²) in [5.41, 5.74) is 12.4. The predicted molar refractivity (Wildman–Crippen MR) is 286 cm³/mol. The molecule has 14 N–H and O–H groups in total. The smallest absolute Gasteiger partial charge is 0.508 e. The zero-order valence-electron chi connectivity index (χ0n) is 42.4. The van der Waals surface area contributed by atoms with E-state index in [1.165, 1.54) is 59.5 Å². The number of nitrogens with zero attached hydrogens (tertiary/aromatic N) is 2. The third-order valence-electron chi connectivity index (χ3n) is 12.3. The summed E-state index contributed by atoms with van der Waals surface area (Å²) in [7, 11) is -4.97. The zero-order valence-corrected chi connectivity index (χ0v) is 44.1. The van der Waals surface area contributed by atoms with Crippen molar-refractivity contribution in [1.29, 1.82) is 0 Å². The maximum Gasteiger partial charge on any atom is 0.524 e. The molecule has 0 bridgehead atoms. The van der Waals surface area contributed by atoms with Gasteiger partial charge in [-0.1, -0.05) is 32.0 Å². The minimum absolute atomic E-state index is 0.0653. The van der Waals surface area contributed by atoms with E-state index < -0.39 is 111 Å². The number of isothiocyanates is 1. The number of aliphatic imine (C=N–C) groups is 1. The van der Waals surface area contributed by atoms with Gasteiger partial charge in [-0.05, 0) is 90.6 Å². The Morgan fingerprint density at radius 1 is 0.873 bits per heavy atom. The van der Waals surface area contributed by atoms with Gasteiger partial charge in [0.1, 0.15) is 53.1 Å². The maximum absolute atomic E-state index is 14.9. The van der Waals surface area contributed by atoms with E-state index >= 15 is 0 Å². The summed E-state index contributed by atoms with van der Waals surface area (Å²) in [5.74, 6) is -7.33. The summed E-state index contributed by atoms with van der Waals surface area (Å²) in [6, 6.07) is 11.4. The Morgan fingerprint density at radius 2 is 1.57 bits per heavy atom. The van der Waals surface area contributed by atoms with Crippen LogP contribution in [-0.2, 0) is 44.5 Å². The molecule has 26 nitrogen and oxygen atoms in total. The summed E-state index contributed by atoms with van der Waals surface area (Å²) < 4.78 is 22.2. The van der Waals surface area contributed by atoms with Crippen molar-refractivity contribution in [2.75, 3.05) is 32.8 Å². The largest absolute Gasteiger partial charge is 0.524 e. The van der Waals surface area contributed by atoms with Crippen molar-refractivity contribution in [3.63, 3.8) is 0 Å². The van der Waals surface area contributed by atoms with Crippen molar-refractivity contribution in [3.05, 3.63) is 100 Å². The van der Waals surface area contributed by atoms with E-state index in [1.54, 1.807) is 38.1 Å². The van der Waals surface area contributed by atoms with E-state index in [-0.39, 0.29) is 77.9 Å². The number of hydrogen-bond acceptors (Lipinski definition) is 17. The number of phosphoric ester groups is 1. The van der Waals surface area contributed by atoms with Crippen LogP contribution in [0.1, 0.15) is 49.0 Å². The topological polar surface area (TPSA) is 414 Å². The maximum atomic E-state index is 14.9. The summed E-state index contributed by atoms with van der Waals surface area (Å²) >= 11 is 4.86. The molecule has 418 valence electrons. The van der Waals surface area contributed by atoms with E-state index in [2.05, 4.69) is 46.6 Å². The van der Waals surface area contributed by atoms with Crippen LogP contribution < -0.4 is 53.3 Å². The number of aromatic hydroxyl groups is 1. The summed E-state index contributed by atoms with van der Waals surface area (Å²) in [4.78, 5) is 144. The molecule has 1 saturated heterocycles. The normalized spacial score (nSPS) is 14.9. The molecule has 79 heavy (non-hydrogen) atoms. The molecular weight excluding hydrogens is 1070 g/mol. The Hall–Kier alpha value is -8.42. The molecule has 6 rings (SSSR count). The number of rotatable bonds is 24. The molecule has 0 spiro atoms. The van der Waals surface area contributed by atoms with Gasteiger partial charge in [-0.2, -0.15) is 4.99 Å². The number of primary amides is 2. The first-order chi connectivity index (χ1) is 37.4. The monoisotopic (exact) mass is 1130 g/mol. The second-order valence-electron chi connectivity index (χ2n) is 18.7. The number of nitrogens with two attached hydrogens (primary N) is 2. The second kappa shape index (κ2) is 26.8. The van der Waals surface area contributed by atoms with E-state index in [1.807, 2.05) is 0 Å². The molecule has 2 heterocycles. The van der Waals surface area contributed by atoms with Crippen LogP contribution in [0.25, 0.3) is 33.4 Å². The Bertz CT molecular complexity index is 3270. The fraction of sp³-hybridized carbons (Fsp3) is 0.333.